The van der Waals surface area contributed by atoms with E-state index in [1.54, 1.807) is 0 Å². The summed E-state index contributed by atoms with van der Waals surface area (Å²) in [6.45, 7) is 0.195. The third-order valence-electron chi connectivity index (χ3n) is 4.93. The van der Waals surface area contributed by atoms with Crippen LogP contribution in [0.4, 0.5) is 13.2 Å². The summed E-state index contributed by atoms with van der Waals surface area (Å²) in [5.41, 5.74) is -0.818. The lowest BCUT2D eigenvalue weighted by atomic mass is 10.1. The molecule has 1 aliphatic carbocycles. The van der Waals surface area contributed by atoms with Crippen molar-refractivity contribution in [1.82, 2.24) is 19.9 Å². The van der Waals surface area contributed by atoms with Crippen LogP contribution >= 0.6 is 0 Å². The molecule has 1 aliphatic rings. The number of alkyl halides is 3. The zero-order valence-corrected chi connectivity index (χ0v) is 15.6. The minimum absolute atomic E-state index is 0.00719. The summed E-state index contributed by atoms with van der Waals surface area (Å²) >= 11 is 0. The molecular formula is C20H17F3N4O3. The van der Waals surface area contributed by atoms with Crippen LogP contribution in [0.15, 0.2) is 46.1 Å². The maximum absolute atomic E-state index is 12.6. The largest absolute Gasteiger partial charge is 0.416 e. The number of carbonyl (C=O) groups is 1. The molecule has 0 radical (unpaired) electrons. The Labute approximate surface area is 167 Å². The normalized spacial score (nSPS) is 14.1. The third-order valence-corrected chi connectivity index (χ3v) is 4.93. The molecule has 2 aromatic heterocycles. The van der Waals surface area contributed by atoms with Crippen molar-refractivity contribution in [3.63, 3.8) is 0 Å². The second-order valence-electron chi connectivity index (χ2n) is 7.16. The monoisotopic (exact) mass is 418 g/mol. The summed E-state index contributed by atoms with van der Waals surface area (Å²) in [5.74, 6) is -0.472. The molecule has 0 unspecified atom stereocenters. The number of benzene rings is 1. The number of H-pyrrole nitrogens is 1. The molecular weight excluding hydrogens is 401 g/mol. The maximum Gasteiger partial charge on any atom is 0.416 e. The predicted octanol–water partition coefficient (Wildman–Crippen LogP) is 2.41. The molecule has 7 nitrogen and oxygen atoms in total. The standard InChI is InChI=1S/C20H17F3N4O3/c21-20(22,23)13-3-1-11(2-4-13)7-8-24-17(28)12-9-15-16(25-10-12)27(14-5-6-14)19(30)26-18(15)29/h1-4,9-10,14H,5-8H2,(H,24,28)(H,26,29,30). The van der Waals surface area contributed by atoms with E-state index in [9.17, 15) is 27.6 Å². The minimum Gasteiger partial charge on any atom is -0.352 e. The van der Waals surface area contributed by atoms with Crippen molar-refractivity contribution in [3.8, 4) is 0 Å². The lowest BCUT2D eigenvalue weighted by Gasteiger charge is -2.10. The molecule has 3 aromatic rings. The van der Waals surface area contributed by atoms with Gasteiger partial charge in [0.2, 0.25) is 0 Å². The predicted molar refractivity (Wildman–Crippen MR) is 102 cm³/mol. The zero-order valence-electron chi connectivity index (χ0n) is 15.6. The molecule has 1 aromatic carbocycles. The SMILES string of the molecule is O=C(NCCc1ccc(C(F)(F)F)cc1)c1cnc2c(c1)c(=O)[nH]c(=O)n2C1CC1. The first-order chi connectivity index (χ1) is 14.2. The van der Waals surface area contributed by atoms with Gasteiger partial charge in [-0.25, -0.2) is 9.78 Å². The molecule has 0 bridgehead atoms. The molecule has 1 amide bonds. The Morgan fingerprint density at radius 3 is 2.53 bits per heavy atom. The first-order valence-corrected chi connectivity index (χ1v) is 9.33. The number of hydrogen-bond acceptors (Lipinski definition) is 4. The van der Waals surface area contributed by atoms with E-state index in [-0.39, 0.29) is 29.2 Å². The summed E-state index contributed by atoms with van der Waals surface area (Å²) in [5, 5.41) is 2.81. The second-order valence-corrected chi connectivity index (χ2v) is 7.16. The van der Waals surface area contributed by atoms with Gasteiger partial charge in [-0.05, 0) is 43.0 Å². The molecule has 10 heteroatoms. The molecule has 2 N–H and O–H groups in total. The van der Waals surface area contributed by atoms with Gasteiger partial charge in [-0.3, -0.25) is 19.1 Å². The van der Waals surface area contributed by atoms with Crippen molar-refractivity contribution >= 4 is 16.9 Å². The number of carbonyl (C=O) groups excluding carboxylic acids is 1. The van der Waals surface area contributed by atoms with Crippen LogP contribution in [0.25, 0.3) is 11.0 Å². The summed E-state index contributed by atoms with van der Waals surface area (Å²) in [6, 6.07) is 6.11. The fraction of sp³-hybridized carbons (Fsp3) is 0.300. The number of halogens is 3. The lowest BCUT2D eigenvalue weighted by molar-refractivity contribution is -0.137. The Hall–Kier alpha value is -3.43. The Morgan fingerprint density at radius 1 is 1.20 bits per heavy atom. The van der Waals surface area contributed by atoms with Crippen LogP contribution in [-0.4, -0.2) is 27.0 Å². The van der Waals surface area contributed by atoms with Gasteiger partial charge in [0.05, 0.1) is 16.5 Å². The van der Waals surface area contributed by atoms with Crippen LogP contribution in [-0.2, 0) is 12.6 Å². The number of pyridine rings is 1. The lowest BCUT2D eigenvalue weighted by Crippen LogP contribution is -2.31. The Kier molecular flexibility index (Phi) is 4.92. The number of nitrogens with one attached hydrogen (secondary N) is 2. The number of hydrogen-bond donors (Lipinski definition) is 2. The zero-order chi connectivity index (χ0) is 21.5. The van der Waals surface area contributed by atoms with Gasteiger partial charge in [0.1, 0.15) is 5.65 Å². The van der Waals surface area contributed by atoms with Gasteiger partial charge in [-0.15, -0.1) is 0 Å². The third kappa shape index (κ3) is 3.98. The smallest absolute Gasteiger partial charge is 0.352 e. The molecule has 0 spiro atoms. The van der Waals surface area contributed by atoms with Gasteiger partial charge in [0.15, 0.2) is 0 Å². The molecule has 1 fully saturated rings. The quantitative estimate of drug-likeness (QED) is 0.665. The van der Waals surface area contributed by atoms with E-state index in [4.69, 9.17) is 0 Å². The molecule has 30 heavy (non-hydrogen) atoms. The molecule has 0 atom stereocenters. The van der Waals surface area contributed by atoms with Crippen molar-refractivity contribution in [3.05, 3.63) is 74.1 Å². The first kappa shape index (κ1) is 19.9. The van der Waals surface area contributed by atoms with Gasteiger partial charge in [-0.2, -0.15) is 13.2 Å². The second kappa shape index (κ2) is 7.43. The Bertz CT molecular complexity index is 1230. The van der Waals surface area contributed by atoms with Crippen molar-refractivity contribution in [2.75, 3.05) is 6.54 Å². The van der Waals surface area contributed by atoms with Gasteiger partial charge in [0, 0.05) is 18.8 Å². The highest BCUT2D eigenvalue weighted by Crippen LogP contribution is 2.34. The van der Waals surface area contributed by atoms with Gasteiger partial charge < -0.3 is 5.32 Å². The minimum atomic E-state index is -4.39. The molecule has 0 aliphatic heterocycles. The number of amides is 1. The molecule has 4 rings (SSSR count). The number of fused-ring (bicyclic) bond motifs is 1. The van der Waals surface area contributed by atoms with E-state index in [0.717, 1.165) is 25.0 Å². The average Bonchev–Trinajstić information content (AvgIpc) is 3.52. The van der Waals surface area contributed by atoms with Gasteiger partial charge in [0.25, 0.3) is 11.5 Å². The Morgan fingerprint density at radius 2 is 1.90 bits per heavy atom. The van der Waals surface area contributed by atoms with Crippen molar-refractivity contribution in [2.45, 2.75) is 31.5 Å². The maximum atomic E-state index is 12.6. The topological polar surface area (TPSA) is 96.8 Å². The number of aromatic amines is 1. The summed E-state index contributed by atoms with van der Waals surface area (Å²) in [7, 11) is 0. The molecule has 1 saturated carbocycles. The fourth-order valence-corrected chi connectivity index (χ4v) is 3.22. The van der Waals surface area contributed by atoms with Crippen LogP contribution in [0.1, 0.15) is 40.4 Å². The number of aromatic nitrogens is 3. The van der Waals surface area contributed by atoms with E-state index in [1.165, 1.54) is 29.0 Å². The highest BCUT2D eigenvalue weighted by Gasteiger charge is 2.30. The highest BCUT2D eigenvalue weighted by atomic mass is 19.4. The first-order valence-electron chi connectivity index (χ1n) is 9.33. The number of nitrogens with zero attached hydrogens (tertiary/aromatic N) is 2. The van der Waals surface area contributed by atoms with Crippen LogP contribution in [0, 0.1) is 0 Å². The van der Waals surface area contributed by atoms with E-state index in [2.05, 4.69) is 15.3 Å². The van der Waals surface area contributed by atoms with E-state index >= 15 is 0 Å². The number of rotatable bonds is 5. The van der Waals surface area contributed by atoms with Crippen LogP contribution < -0.4 is 16.6 Å². The van der Waals surface area contributed by atoms with Gasteiger partial charge >= 0.3 is 11.9 Å². The summed E-state index contributed by atoms with van der Waals surface area (Å²) in [6.07, 6.45) is -1.09. The fourth-order valence-electron chi connectivity index (χ4n) is 3.22. The van der Waals surface area contributed by atoms with E-state index in [0.29, 0.717) is 12.0 Å². The average molecular weight is 418 g/mol. The molecule has 156 valence electrons. The molecule has 2 heterocycles. The van der Waals surface area contributed by atoms with Crippen molar-refractivity contribution < 1.29 is 18.0 Å². The van der Waals surface area contributed by atoms with Crippen LogP contribution in [0.5, 0.6) is 0 Å². The van der Waals surface area contributed by atoms with Gasteiger partial charge in [-0.1, -0.05) is 12.1 Å². The van der Waals surface area contributed by atoms with Crippen molar-refractivity contribution in [1.29, 1.82) is 0 Å². The summed E-state index contributed by atoms with van der Waals surface area (Å²) < 4.78 is 39.2. The van der Waals surface area contributed by atoms with Crippen LogP contribution in [0.3, 0.4) is 0 Å². The highest BCUT2D eigenvalue weighted by molar-refractivity contribution is 5.96. The molecule has 0 saturated heterocycles. The van der Waals surface area contributed by atoms with Crippen LogP contribution in [0.2, 0.25) is 0 Å². The van der Waals surface area contributed by atoms with Crippen molar-refractivity contribution in [2.24, 2.45) is 0 Å². The summed E-state index contributed by atoms with van der Waals surface area (Å²) in [4.78, 5) is 43.0. The van der Waals surface area contributed by atoms with E-state index in [1.807, 2.05) is 0 Å². The van der Waals surface area contributed by atoms with E-state index < -0.39 is 28.9 Å². The Balaban J connectivity index is 1.46.